The van der Waals surface area contributed by atoms with Gasteiger partial charge in [-0.3, -0.25) is 19.4 Å². The molecule has 200 valence electrons. The van der Waals surface area contributed by atoms with Crippen molar-refractivity contribution < 1.29 is 14.3 Å². The number of anilines is 2. The van der Waals surface area contributed by atoms with Crippen LogP contribution in [-0.4, -0.2) is 17.9 Å². The number of fused-ring (bicyclic) bond motifs is 3. The molecule has 3 atom stereocenters. The van der Waals surface area contributed by atoms with Gasteiger partial charge in [0.05, 0.1) is 17.4 Å². The summed E-state index contributed by atoms with van der Waals surface area (Å²) in [6.07, 6.45) is -0.337. The minimum Gasteiger partial charge on any atom is -0.478 e. The van der Waals surface area contributed by atoms with Crippen molar-refractivity contribution >= 4 is 23.2 Å². The Morgan fingerprint density at radius 2 is 1.20 bits per heavy atom. The number of hydrogen-bond acceptors (Lipinski definition) is 3. The van der Waals surface area contributed by atoms with Crippen LogP contribution in [0.15, 0.2) is 146 Å². The Bertz CT molecular complexity index is 1690. The molecule has 41 heavy (non-hydrogen) atoms. The highest BCUT2D eigenvalue weighted by atomic mass is 16.5. The summed E-state index contributed by atoms with van der Waals surface area (Å²) in [6.45, 7) is 0. The van der Waals surface area contributed by atoms with Gasteiger partial charge < -0.3 is 4.74 Å². The van der Waals surface area contributed by atoms with Crippen LogP contribution in [0.25, 0.3) is 0 Å². The van der Waals surface area contributed by atoms with Crippen LogP contribution < -0.4 is 14.5 Å². The van der Waals surface area contributed by atoms with Crippen LogP contribution in [0, 0.1) is 0 Å². The maximum atomic E-state index is 14.4. The van der Waals surface area contributed by atoms with Crippen molar-refractivity contribution in [2.24, 2.45) is 0 Å². The van der Waals surface area contributed by atoms with Gasteiger partial charge in [-0.25, -0.2) is 0 Å². The van der Waals surface area contributed by atoms with E-state index in [1.807, 2.05) is 131 Å². The molecule has 2 aliphatic rings. The Balaban J connectivity index is 1.48. The van der Waals surface area contributed by atoms with E-state index in [0.717, 1.165) is 11.1 Å². The molecule has 0 N–H and O–H groups in total. The molecule has 0 bridgehead atoms. The van der Waals surface area contributed by atoms with E-state index in [1.54, 1.807) is 0 Å². The summed E-state index contributed by atoms with van der Waals surface area (Å²) in [5, 5.41) is 0. The van der Waals surface area contributed by atoms with Crippen LogP contribution in [0.2, 0.25) is 0 Å². The van der Waals surface area contributed by atoms with Crippen LogP contribution in [0.5, 0.6) is 5.75 Å². The highest BCUT2D eigenvalue weighted by Crippen LogP contribution is 2.57. The zero-order chi connectivity index (χ0) is 27.8. The molecule has 5 heteroatoms. The number of amides is 2. The molecule has 0 aliphatic carbocycles. The largest absolute Gasteiger partial charge is 0.478 e. The number of carbonyl (C=O) groups is 2. The van der Waals surface area contributed by atoms with Gasteiger partial charge in [-0.1, -0.05) is 109 Å². The zero-order valence-corrected chi connectivity index (χ0v) is 22.3. The standard InChI is InChI=1S/C36H28N2O3/c39-34(27-17-7-2-8-18-27)37-30-23-13-14-24-31(30)38-35(40)33(41-29-21-11-4-12-22-29)36(38,28-19-9-3-10-20-28)25-32(37)26-15-5-1-6-16-26/h1-24,32-33H,25H2/t32-,33+,36+/m0/s1. The Labute approximate surface area is 239 Å². The third-order valence-electron chi connectivity index (χ3n) is 8.17. The van der Waals surface area contributed by atoms with Gasteiger partial charge in [0.15, 0.2) is 0 Å². The number of β-lactam (4-membered cyclic amide) rings is 1. The summed E-state index contributed by atoms with van der Waals surface area (Å²) in [5.41, 5.74) is 3.06. The summed E-state index contributed by atoms with van der Waals surface area (Å²) in [7, 11) is 0. The Morgan fingerprint density at radius 3 is 1.85 bits per heavy atom. The van der Waals surface area contributed by atoms with Gasteiger partial charge in [0.25, 0.3) is 11.8 Å². The van der Waals surface area contributed by atoms with E-state index in [0.29, 0.717) is 29.1 Å². The molecule has 5 aromatic rings. The fourth-order valence-electron chi connectivity index (χ4n) is 6.33. The number of benzene rings is 5. The third kappa shape index (κ3) is 4.01. The first-order valence-electron chi connectivity index (χ1n) is 13.8. The molecule has 5 aromatic carbocycles. The predicted molar refractivity (Wildman–Crippen MR) is 160 cm³/mol. The molecule has 1 saturated heterocycles. The van der Waals surface area contributed by atoms with E-state index < -0.39 is 11.6 Å². The van der Waals surface area contributed by atoms with Gasteiger partial charge in [-0.05, 0) is 47.5 Å². The van der Waals surface area contributed by atoms with E-state index in [9.17, 15) is 9.59 Å². The first kappa shape index (κ1) is 24.9. The lowest BCUT2D eigenvalue weighted by atomic mass is 9.70. The molecule has 1 fully saturated rings. The van der Waals surface area contributed by atoms with Crippen LogP contribution in [-0.2, 0) is 10.3 Å². The minimum atomic E-state index is -0.865. The molecular weight excluding hydrogens is 508 g/mol. The maximum absolute atomic E-state index is 14.4. The number of nitrogens with zero attached hydrogens (tertiary/aromatic N) is 2. The molecule has 0 radical (unpaired) electrons. The molecular formula is C36H28N2O3. The fraction of sp³-hybridized carbons (Fsp3) is 0.111. The lowest BCUT2D eigenvalue weighted by molar-refractivity contribution is -0.142. The van der Waals surface area contributed by atoms with Crippen molar-refractivity contribution in [1.82, 2.24) is 0 Å². The summed E-state index contributed by atoms with van der Waals surface area (Å²) < 4.78 is 6.53. The van der Waals surface area contributed by atoms with Crippen LogP contribution in [0.1, 0.15) is 33.9 Å². The fourth-order valence-corrected chi connectivity index (χ4v) is 6.33. The highest BCUT2D eigenvalue weighted by Gasteiger charge is 2.66. The third-order valence-corrected chi connectivity index (χ3v) is 8.17. The van der Waals surface area contributed by atoms with Crippen LogP contribution in [0.4, 0.5) is 11.4 Å². The van der Waals surface area contributed by atoms with Crippen molar-refractivity contribution in [2.45, 2.75) is 24.1 Å². The average Bonchev–Trinajstić information content (AvgIpc) is 3.16. The van der Waals surface area contributed by atoms with Gasteiger partial charge >= 0.3 is 0 Å². The van der Waals surface area contributed by atoms with Gasteiger partial charge in [-0.15, -0.1) is 0 Å². The number of ether oxygens (including phenoxy) is 1. The molecule has 5 nitrogen and oxygen atoms in total. The Hall–Kier alpha value is -5.16. The quantitative estimate of drug-likeness (QED) is 0.224. The lowest BCUT2D eigenvalue weighted by Crippen LogP contribution is -2.74. The van der Waals surface area contributed by atoms with Crippen LogP contribution >= 0.6 is 0 Å². The van der Waals surface area contributed by atoms with Crippen LogP contribution in [0.3, 0.4) is 0 Å². The Kier molecular flexibility index (Phi) is 6.12. The average molecular weight is 537 g/mol. The molecule has 0 aromatic heterocycles. The summed E-state index contributed by atoms with van der Waals surface area (Å²) in [6, 6.07) is 46.3. The van der Waals surface area contributed by atoms with Crippen molar-refractivity contribution in [3.63, 3.8) is 0 Å². The molecule has 0 spiro atoms. The number of rotatable bonds is 5. The number of carbonyl (C=O) groups excluding carboxylic acids is 2. The van der Waals surface area contributed by atoms with E-state index >= 15 is 0 Å². The first-order valence-corrected chi connectivity index (χ1v) is 13.8. The maximum Gasteiger partial charge on any atom is 0.271 e. The SMILES string of the molecule is O=C(c1ccccc1)N1c2ccccc2N2C(=O)[C@@H](Oc3ccccc3)[C@]2(c2ccccc2)C[C@H]1c1ccccc1. The summed E-state index contributed by atoms with van der Waals surface area (Å²) in [4.78, 5) is 32.3. The van der Waals surface area contributed by atoms with Gasteiger partial charge in [0.2, 0.25) is 6.10 Å². The second-order valence-electron chi connectivity index (χ2n) is 10.4. The predicted octanol–water partition coefficient (Wildman–Crippen LogP) is 7.17. The number of para-hydroxylation sites is 3. The van der Waals surface area contributed by atoms with E-state index in [1.165, 1.54) is 0 Å². The molecule has 2 heterocycles. The first-order chi connectivity index (χ1) is 20.2. The topological polar surface area (TPSA) is 49.9 Å². The molecule has 2 aliphatic heterocycles. The molecule has 2 amide bonds. The monoisotopic (exact) mass is 536 g/mol. The van der Waals surface area contributed by atoms with E-state index in [4.69, 9.17) is 4.74 Å². The van der Waals surface area contributed by atoms with Crippen molar-refractivity contribution in [2.75, 3.05) is 9.80 Å². The zero-order valence-electron chi connectivity index (χ0n) is 22.3. The normalized spacial score (nSPS) is 21.2. The number of hydrogen-bond donors (Lipinski definition) is 0. The smallest absolute Gasteiger partial charge is 0.271 e. The second kappa shape index (κ2) is 10.1. The van der Waals surface area contributed by atoms with Crippen molar-refractivity contribution in [3.05, 3.63) is 162 Å². The highest BCUT2D eigenvalue weighted by molar-refractivity contribution is 6.14. The second-order valence-corrected chi connectivity index (χ2v) is 10.4. The molecule has 0 unspecified atom stereocenters. The minimum absolute atomic E-state index is 0.120. The molecule has 7 rings (SSSR count). The van der Waals surface area contributed by atoms with Gasteiger partial charge in [0, 0.05) is 12.0 Å². The van der Waals surface area contributed by atoms with Gasteiger partial charge in [-0.2, -0.15) is 0 Å². The van der Waals surface area contributed by atoms with Crippen molar-refractivity contribution in [3.8, 4) is 5.75 Å². The van der Waals surface area contributed by atoms with Gasteiger partial charge in [0.1, 0.15) is 11.3 Å². The Morgan fingerprint density at radius 1 is 0.659 bits per heavy atom. The summed E-state index contributed by atoms with van der Waals surface area (Å²) >= 11 is 0. The summed E-state index contributed by atoms with van der Waals surface area (Å²) in [5.74, 6) is 0.378. The van der Waals surface area contributed by atoms with E-state index in [2.05, 4.69) is 24.3 Å². The molecule has 0 saturated carbocycles. The van der Waals surface area contributed by atoms with Crippen molar-refractivity contribution in [1.29, 1.82) is 0 Å². The van der Waals surface area contributed by atoms with E-state index in [-0.39, 0.29) is 17.9 Å². The lowest BCUT2D eigenvalue weighted by Gasteiger charge is -2.56.